The van der Waals surface area contributed by atoms with Crippen LogP contribution in [-0.4, -0.2) is 27.8 Å². The van der Waals surface area contributed by atoms with E-state index in [2.05, 4.69) is 15.5 Å². The fourth-order valence-corrected chi connectivity index (χ4v) is 3.02. The maximum atomic E-state index is 12.4. The minimum Gasteiger partial charge on any atom is -0.421 e. The third kappa shape index (κ3) is 3.52. The third-order valence-corrected chi connectivity index (χ3v) is 4.32. The van der Waals surface area contributed by atoms with Crippen molar-refractivity contribution in [1.29, 1.82) is 0 Å². The number of benzene rings is 1. The minimum atomic E-state index is -1.11. The summed E-state index contributed by atoms with van der Waals surface area (Å²) < 4.78 is 5.37. The fourth-order valence-electron chi connectivity index (χ4n) is 2.23. The van der Waals surface area contributed by atoms with E-state index >= 15 is 0 Å². The monoisotopic (exact) mass is 343 g/mol. The summed E-state index contributed by atoms with van der Waals surface area (Å²) in [6.07, 6.45) is 0. The standard InChI is InChI=1S/C17H17N3O3S/c1-11-19-20-16(23-11)13-5-3-4-12(8-13)15(21)18-10-17(2,22)14-6-7-24-9-14/h3-9,22H,10H2,1-2H3,(H,18,21). The van der Waals surface area contributed by atoms with Gasteiger partial charge in [-0.15, -0.1) is 10.2 Å². The maximum absolute atomic E-state index is 12.4. The molecule has 124 valence electrons. The Hall–Kier alpha value is -2.51. The number of amides is 1. The van der Waals surface area contributed by atoms with Crippen molar-refractivity contribution in [3.63, 3.8) is 0 Å². The highest BCUT2D eigenvalue weighted by Crippen LogP contribution is 2.23. The molecular formula is C17H17N3O3S. The Morgan fingerprint density at radius 1 is 1.38 bits per heavy atom. The van der Waals surface area contributed by atoms with Gasteiger partial charge in [0.2, 0.25) is 11.8 Å². The van der Waals surface area contributed by atoms with Crippen LogP contribution in [0.5, 0.6) is 0 Å². The molecule has 0 radical (unpaired) electrons. The lowest BCUT2D eigenvalue weighted by atomic mass is 9.99. The molecule has 0 bridgehead atoms. The molecule has 3 rings (SSSR count). The third-order valence-electron chi connectivity index (χ3n) is 3.63. The van der Waals surface area contributed by atoms with Crippen molar-refractivity contribution >= 4 is 17.2 Å². The highest BCUT2D eigenvalue weighted by molar-refractivity contribution is 7.08. The molecule has 0 aliphatic carbocycles. The summed E-state index contributed by atoms with van der Waals surface area (Å²) in [6.45, 7) is 3.50. The van der Waals surface area contributed by atoms with Gasteiger partial charge in [0.25, 0.3) is 5.91 Å². The Morgan fingerprint density at radius 3 is 2.88 bits per heavy atom. The van der Waals surface area contributed by atoms with Crippen LogP contribution in [0, 0.1) is 6.92 Å². The fraction of sp³-hybridized carbons (Fsp3) is 0.235. The molecule has 1 unspecified atom stereocenters. The van der Waals surface area contributed by atoms with E-state index in [-0.39, 0.29) is 12.5 Å². The molecule has 2 heterocycles. The van der Waals surface area contributed by atoms with Crippen molar-refractivity contribution in [2.45, 2.75) is 19.4 Å². The summed E-state index contributed by atoms with van der Waals surface area (Å²) in [7, 11) is 0. The van der Waals surface area contributed by atoms with Gasteiger partial charge in [-0.25, -0.2) is 0 Å². The first-order chi connectivity index (χ1) is 11.5. The highest BCUT2D eigenvalue weighted by Gasteiger charge is 2.24. The van der Waals surface area contributed by atoms with Crippen molar-refractivity contribution in [2.75, 3.05) is 6.54 Å². The maximum Gasteiger partial charge on any atom is 0.251 e. The lowest BCUT2D eigenvalue weighted by Gasteiger charge is -2.22. The first-order valence-corrected chi connectivity index (χ1v) is 8.34. The first kappa shape index (κ1) is 16.4. The zero-order valence-corrected chi connectivity index (χ0v) is 14.1. The Labute approximate surface area is 143 Å². The van der Waals surface area contributed by atoms with Crippen LogP contribution in [0.2, 0.25) is 0 Å². The number of aromatic nitrogens is 2. The molecule has 0 aliphatic heterocycles. The van der Waals surface area contributed by atoms with Gasteiger partial charge in [0.15, 0.2) is 0 Å². The SMILES string of the molecule is Cc1nnc(-c2cccc(C(=O)NCC(C)(O)c3ccsc3)c2)o1. The molecule has 1 aromatic carbocycles. The topological polar surface area (TPSA) is 88.2 Å². The van der Waals surface area contributed by atoms with Crippen LogP contribution in [0.3, 0.4) is 0 Å². The molecule has 1 atom stereocenters. The molecule has 0 saturated carbocycles. The molecule has 0 spiro atoms. The van der Waals surface area contributed by atoms with E-state index in [9.17, 15) is 9.90 Å². The number of rotatable bonds is 5. The second-order valence-electron chi connectivity index (χ2n) is 5.68. The minimum absolute atomic E-state index is 0.118. The molecule has 2 N–H and O–H groups in total. The second-order valence-corrected chi connectivity index (χ2v) is 6.46. The number of hydrogen-bond acceptors (Lipinski definition) is 6. The molecular weight excluding hydrogens is 326 g/mol. The van der Waals surface area contributed by atoms with E-state index in [0.717, 1.165) is 5.56 Å². The summed E-state index contributed by atoms with van der Waals surface area (Å²) in [6, 6.07) is 8.77. The normalized spacial score (nSPS) is 13.5. The Morgan fingerprint density at radius 2 is 2.21 bits per heavy atom. The molecule has 0 fully saturated rings. The average Bonchev–Trinajstić information content (AvgIpc) is 3.24. The summed E-state index contributed by atoms with van der Waals surface area (Å²) >= 11 is 1.50. The van der Waals surface area contributed by atoms with E-state index < -0.39 is 5.60 Å². The number of hydrogen-bond donors (Lipinski definition) is 2. The van der Waals surface area contributed by atoms with Crippen LogP contribution in [0.25, 0.3) is 11.5 Å². The van der Waals surface area contributed by atoms with Gasteiger partial charge in [-0.2, -0.15) is 11.3 Å². The van der Waals surface area contributed by atoms with Gasteiger partial charge >= 0.3 is 0 Å². The predicted octanol–water partition coefficient (Wildman–Crippen LogP) is 2.74. The van der Waals surface area contributed by atoms with Gasteiger partial charge in [0.1, 0.15) is 5.60 Å². The van der Waals surface area contributed by atoms with Crippen LogP contribution in [0.15, 0.2) is 45.5 Å². The largest absolute Gasteiger partial charge is 0.421 e. The van der Waals surface area contributed by atoms with E-state index in [1.807, 2.05) is 16.8 Å². The average molecular weight is 343 g/mol. The highest BCUT2D eigenvalue weighted by atomic mass is 32.1. The molecule has 2 aromatic heterocycles. The number of carbonyl (C=O) groups excluding carboxylic acids is 1. The summed E-state index contributed by atoms with van der Waals surface area (Å²) in [4.78, 5) is 12.4. The van der Waals surface area contributed by atoms with Crippen molar-refractivity contribution in [1.82, 2.24) is 15.5 Å². The number of aryl methyl sites for hydroxylation is 1. The number of aliphatic hydroxyl groups is 1. The summed E-state index contributed by atoms with van der Waals surface area (Å²) in [5, 5.41) is 24.7. The van der Waals surface area contributed by atoms with Crippen molar-refractivity contribution in [2.24, 2.45) is 0 Å². The Balaban J connectivity index is 1.71. The second kappa shape index (κ2) is 6.54. The van der Waals surface area contributed by atoms with Crippen LogP contribution in [0.1, 0.15) is 28.7 Å². The molecule has 1 amide bonds. The van der Waals surface area contributed by atoms with Gasteiger partial charge in [0.05, 0.1) is 6.54 Å². The van der Waals surface area contributed by atoms with Gasteiger partial charge < -0.3 is 14.8 Å². The number of nitrogens with one attached hydrogen (secondary N) is 1. The lowest BCUT2D eigenvalue weighted by Crippen LogP contribution is -2.38. The Bertz CT molecular complexity index is 840. The molecule has 0 saturated heterocycles. The van der Waals surface area contributed by atoms with Crippen molar-refractivity contribution < 1.29 is 14.3 Å². The smallest absolute Gasteiger partial charge is 0.251 e. The summed E-state index contributed by atoms with van der Waals surface area (Å²) in [5.41, 5.74) is 0.803. The molecule has 7 heteroatoms. The van der Waals surface area contributed by atoms with Crippen LogP contribution in [0.4, 0.5) is 0 Å². The quantitative estimate of drug-likeness (QED) is 0.744. The van der Waals surface area contributed by atoms with Crippen molar-refractivity contribution in [3.05, 3.63) is 58.1 Å². The predicted molar refractivity (Wildman–Crippen MR) is 90.7 cm³/mol. The van der Waals surface area contributed by atoms with Crippen molar-refractivity contribution in [3.8, 4) is 11.5 Å². The van der Waals surface area contributed by atoms with E-state index in [1.165, 1.54) is 11.3 Å². The van der Waals surface area contributed by atoms with E-state index in [1.54, 1.807) is 38.1 Å². The van der Waals surface area contributed by atoms with Crippen LogP contribution < -0.4 is 5.32 Å². The molecule has 24 heavy (non-hydrogen) atoms. The number of thiophene rings is 1. The van der Waals surface area contributed by atoms with Crippen LogP contribution >= 0.6 is 11.3 Å². The zero-order valence-electron chi connectivity index (χ0n) is 13.3. The van der Waals surface area contributed by atoms with Gasteiger partial charge in [0, 0.05) is 18.1 Å². The van der Waals surface area contributed by atoms with E-state index in [4.69, 9.17) is 4.42 Å². The van der Waals surface area contributed by atoms with Gasteiger partial charge in [-0.05, 0) is 47.5 Å². The van der Waals surface area contributed by atoms with Gasteiger partial charge in [-0.1, -0.05) is 6.07 Å². The summed E-state index contributed by atoms with van der Waals surface area (Å²) in [5.74, 6) is 0.558. The lowest BCUT2D eigenvalue weighted by molar-refractivity contribution is 0.0530. The molecule has 0 aliphatic rings. The molecule has 3 aromatic rings. The first-order valence-electron chi connectivity index (χ1n) is 7.39. The van der Waals surface area contributed by atoms with Gasteiger partial charge in [-0.3, -0.25) is 4.79 Å². The zero-order chi connectivity index (χ0) is 17.2. The Kier molecular flexibility index (Phi) is 4.46. The number of nitrogens with zero attached hydrogens (tertiary/aromatic N) is 2. The van der Waals surface area contributed by atoms with Crippen LogP contribution in [-0.2, 0) is 5.60 Å². The molecule has 6 nitrogen and oxygen atoms in total. The number of carbonyl (C=O) groups is 1. The van der Waals surface area contributed by atoms with E-state index in [0.29, 0.717) is 22.9 Å².